The smallest absolute Gasteiger partial charge is 0.227 e. The van der Waals surface area contributed by atoms with E-state index in [-0.39, 0.29) is 0 Å². The molecule has 1 heterocycles. The zero-order valence-corrected chi connectivity index (χ0v) is 7.98. The zero-order chi connectivity index (χ0) is 9.64. The van der Waals surface area contributed by atoms with E-state index in [4.69, 9.17) is 9.47 Å². The summed E-state index contributed by atoms with van der Waals surface area (Å²) in [4.78, 5) is 4.32. The van der Waals surface area contributed by atoms with E-state index in [1.165, 1.54) is 18.1 Å². The summed E-state index contributed by atoms with van der Waals surface area (Å²) >= 11 is 0. The maximum Gasteiger partial charge on any atom is 0.227 e. The number of hydrogen-bond acceptors (Lipinski definition) is 3. The molecule has 0 amide bonds. The van der Waals surface area contributed by atoms with E-state index in [0.29, 0.717) is 12.5 Å². The molecule has 0 fully saturated rings. The average molecular weight is 191 g/mol. The predicted octanol–water partition coefficient (Wildman–Crippen LogP) is 2.18. The average Bonchev–Trinajstić information content (AvgIpc) is 2.29. The summed E-state index contributed by atoms with van der Waals surface area (Å²) in [5.41, 5.74) is 1.35. The molecule has 0 spiro atoms. The highest BCUT2D eigenvalue weighted by Gasteiger charge is 2.04. The van der Waals surface area contributed by atoms with E-state index in [2.05, 4.69) is 23.2 Å². The van der Waals surface area contributed by atoms with Crippen LogP contribution >= 0.6 is 0 Å². The number of allylic oxidation sites excluding steroid dienone is 3. The fourth-order valence-electron chi connectivity index (χ4n) is 1.36. The van der Waals surface area contributed by atoms with Crippen molar-refractivity contribution < 1.29 is 9.47 Å². The summed E-state index contributed by atoms with van der Waals surface area (Å²) in [6.45, 7) is 1.16. The second kappa shape index (κ2) is 4.65. The quantitative estimate of drug-likeness (QED) is 0.669. The third kappa shape index (κ3) is 2.49. The van der Waals surface area contributed by atoms with Gasteiger partial charge in [-0.15, -0.1) is 0 Å². The van der Waals surface area contributed by atoms with Crippen LogP contribution in [0.4, 0.5) is 0 Å². The Morgan fingerprint density at radius 2 is 2.36 bits per heavy atom. The molecule has 0 bridgehead atoms. The fourth-order valence-corrected chi connectivity index (χ4v) is 1.36. The van der Waals surface area contributed by atoms with Crippen LogP contribution in [-0.2, 0) is 9.47 Å². The van der Waals surface area contributed by atoms with E-state index < -0.39 is 0 Å². The van der Waals surface area contributed by atoms with Gasteiger partial charge in [0.15, 0.2) is 6.61 Å². The Morgan fingerprint density at radius 3 is 3.07 bits per heavy atom. The molecule has 0 radical (unpaired) electrons. The maximum absolute atomic E-state index is 5.17. The lowest BCUT2D eigenvalue weighted by Crippen LogP contribution is -2.13. The topological polar surface area (TPSA) is 30.8 Å². The van der Waals surface area contributed by atoms with E-state index in [9.17, 15) is 0 Å². The van der Waals surface area contributed by atoms with Gasteiger partial charge in [0.05, 0.1) is 6.54 Å². The fraction of sp³-hybridized carbons (Fsp3) is 0.364. The first kappa shape index (κ1) is 9.06. The standard InChI is InChI=1S/C11H13NO2/c1-2-4-10(5-3-1)8-12-11-9-13-6-7-14-11/h1-2,4,6-7H,3,5,8-9H2. The summed E-state index contributed by atoms with van der Waals surface area (Å²) in [6.07, 6.45) is 11.6. The van der Waals surface area contributed by atoms with Gasteiger partial charge in [-0.2, -0.15) is 0 Å². The SMILES string of the molecule is C1=CCCC(CN=C2COC=CO2)=C1. The van der Waals surface area contributed by atoms with Gasteiger partial charge in [-0.05, 0) is 18.4 Å². The molecule has 3 heteroatoms. The molecule has 0 aromatic carbocycles. The summed E-state index contributed by atoms with van der Waals surface area (Å²) < 4.78 is 10.2. The molecule has 1 aliphatic heterocycles. The second-order valence-corrected chi connectivity index (χ2v) is 3.20. The van der Waals surface area contributed by atoms with E-state index >= 15 is 0 Å². The van der Waals surface area contributed by atoms with Gasteiger partial charge in [0.1, 0.15) is 12.5 Å². The molecule has 1 aliphatic carbocycles. The molecule has 0 atom stereocenters. The normalized spacial score (nSPS) is 22.9. The highest BCUT2D eigenvalue weighted by Crippen LogP contribution is 2.12. The first-order chi connectivity index (χ1) is 6.95. The van der Waals surface area contributed by atoms with Crippen LogP contribution in [0.1, 0.15) is 12.8 Å². The van der Waals surface area contributed by atoms with Gasteiger partial charge < -0.3 is 9.47 Å². The van der Waals surface area contributed by atoms with Crippen LogP contribution in [0.2, 0.25) is 0 Å². The largest absolute Gasteiger partial charge is 0.488 e. The molecule has 0 saturated heterocycles. The van der Waals surface area contributed by atoms with Crippen LogP contribution in [0.3, 0.4) is 0 Å². The van der Waals surface area contributed by atoms with Crippen molar-refractivity contribution in [2.24, 2.45) is 4.99 Å². The van der Waals surface area contributed by atoms with E-state index in [0.717, 1.165) is 19.4 Å². The lowest BCUT2D eigenvalue weighted by atomic mass is 10.1. The first-order valence-corrected chi connectivity index (χ1v) is 4.76. The minimum atomic E-state index is 0.444. The van der Waals surface area contributed by atoms with Gasteiger partial charge >= 0.3 is 0 Å². The molecular formula is C11H13NO2. The van der Waals surface area contributed by atoms with Crippen molar-refractivity contribution in [1.82, 2.24) is 0 Å². The molecule has 0 unspecified atom stereocenters. The number of rotatable bonds is 2. The molecule has 0 aromatic rings. The van der Waals surface area contributed by atoms with Crippen molar-refractivity contribution in [3.8, 4) is 0 Å². The van der Waals surface area contributed by atoms with Crippen molar-refractivity contribution >= 4 is 5.90 Å². The highest BCUT2D eigenvalue weighted by atomic mass is 16.6. The number of nitrogens with zero attached hydrogens (tertiary/aromatic N) is 1. The third-order valence-electron chi connectivity index (χ3n) is 2.12. The number of ether oxygens (including phenoxy) is 2. The van der Waals surface area contributed by atoms with Crippen LogP contribution in [0.25, 0.3) is 0 Å². The molecule has 2 rings (SSSR count). The summed E-state index contributed by atoms with van der Waals surface area (Å²) in [6, 6.07) is 0. The number of aliphatic imine (C=N–C) groups is 1. The third-order valence-corrected chi connectivity index (χ3v) is 2.12. The molecule has 14 heavy (non-hydrogen) atoms. The van der Waals surface area contributed by atoms with Crippen molar-refractivity contribution in [2.75, 3.05) is 13.2 Å². The molecule has 3 nitrogen and oxygen atoms in total. The monoisotopic (exact) mass is 191 g/mol. The highest BCUT2D eigenvalue weighted by molar-refractivity contribution is 5.78. The summed E-state index contributed by atoms with van der Waals surface area (Å²) in [5.74, 6) is 0.656. The maximum atomic E-state index is 5.17. The summed E-state index contributed by atoms with van der Waals surface area (Å²) in [7, 11) is 0. The minimum Gasteiger partial charge on any atom is -0.488 e. The van der Waals surface area contributed by atoms with Crippen molar-refractivity contribution in [3.63, 3.8) is 0 Å². The van der Waals surface area contributed by atoms with Gasteiger partial charge in [0, 0.05) is 0 Å². The Labute approximate surface area is 83.4 Å². The molecule has 0 saturated carbocycles. The van der Waals surface area contributed by atoms with Crippen LogP contribution < -0.4 is 0 Å². The molecule has 0 N–H and O–H groups in total. The van der Waals surface area contributed by atoms with Crippen LogP contribution in [0, 0.1) is 0 Å². The van der Waals surface area contributed by atoms with E-state index in [1.54, 1.807) is 0 Å². The predicted molar refractivity (Wildman–Crippen MR) is 54.9 cm³/mol. The van der Waals surface area contributed by atoms with Gasteiger partial charge in [0.2, 0.25) is 5.90 Å². The van der Waals surface area contributed by atoms with Gasteiger partial charge in [-0.1, -0.05) is 18.2 Å². The number of hydrogen-bond donors (Lipinski definition) is 0. The molecular weight excluding hydrogens is 178 g/mol. The Kier molecular flexibility index (Phi) is 3.01. The van der Waals surface area contributed by atoms with Crippen molar-refractivity contribution in [1.29, 1.82) is 0 Å². The lowest BCUT2D eigenvalue weighted by Gasteiger charge is -2.11. The molecule has 0 aromatic heterocycles. The second-order valence-electron chi connectivity index (χ2n) is 3.20. The van der Waals surface area contributed by atoms with Crippen molar-refractivity contribution in [3.05, 3.63) is 36.3 Å². The van der Waals surface area contributed by atoms with Crippen LogP contribution in [0.5, 0.6) is 0 Å². The zero-order valence-electron chi connectivity index (χ0n) is 7.98. The first-order valence-electron chi connectivity index (χ1n) is 4.76. The Hall–Kier alpha value is -1.51. The lowest BCUT2D eigenvalue weighted by molar-refractivity contribution is 0.234. The van der Waals surface area contributed by atoms with E-state index in [1.807, 2.05) is 0 Å². The molecule has 74 valence electrons. The Balaban J connectivity index is 1.88. The van der Waals surface area contributed by atoms with Gasteiger partial charge in [0.25, 0.3) is 0 Å². The Bertz CT molecular complexity index is 313. The summed E-state index contributed by atoms with van der Waals surface area (Å²) in [5, 5.41) is 0. The van der Waals surface area contributed by atoms with Gasteiger partial charge in [-0.25, -0.2) is 4.99 Å². The van der Waals surface area contributed by atoms with Crippen LogP contribution in [0.15, 0.2) is 41.3 Å². The minimum absolute atomic E-state index is 0.444. The molecule has 2 aliphatic rings. The van der Waals surface area contributed by atoms with Gasteiger partial charge in [-0.3, -0.25) is 0 Å². The van der Waals surface area contributed by atoms with Crippen LogP contribution in [-0.4, -0.2) is 19.0 Å². The van der Waals surface area contributed by atoms with Crippen molar-refractivity contribution in [2.45, 2.75) is 12.8 Å². The Morgan fingerprint density at radius 1 is 1.36 bits per heavy atom.